The average Bonchev–Trinajstić information content (AvgIpc) is 3.03. The summed E-state index contributed by atoms with van der Waals surface area (Å²) in [6, 6.07) is 2.04. The van der Waals surface area contributed by atoms with Crippen LogP contribution in [0.25, 0.3) is 0 Å². The van der Waals surface area contributed by atoms with E-state index < -0.39 is 11.3 Å². The summed E-state index contributed by atoms with van der Waals surface area (Å²) in [7, 11) is 0. The molecule has 1 rings (SSSR count). The number of nitriles is 1. The van der Waals surface area contributed by atoms with E-state index in [0.717, 1.165) is 12.8 Å². The number of primary amides is 1. The normalized spacial score (nSPS) is 16.2. The van der Waals surface area contributed by atoms with Gasteiger partial charge >= 0.3 is 0 Å². The highest BCUT2D eigenvalue weighted by Crippen LogP contribution is 2.46. The summed E-state index contributed by atoms with van der Waals surface area (Å²) in [5.41, 5.74) is 4.23. The Bertz CT molecular complexity index is 329. The number of amides is 2. The third-order valence-corrected chi connectivity index (χ3v) is 2.79. The van der Waals surface area contributed by atoms with Gasteiger partial charge in [-0.1, -0.05) is 13.3 Å². The van der Waals surface area contributed by atoms with Gasteiger partial charge in [0.1, 0.15) is 5.41 Å². The molecular formula is C11H17N3O2. The quantitative estimate of drug-likeness (QED) is 0.707. The zero-order chi connectivity index (χ0) is 12.2. The van der Waals surface area contributed by atoms with Crippen molar-refractivity contribution in [2.24, 2.45) is 11.1 Å². The predicted octanol–water partition coefficient (Wildman–Crippen LogP) is 0.404. The number of hydrogen-bond donors (Lipinski definition) is 1. The molecular weight excluding hydrogens is 206 g/mol. The molecule has 0 saturated heterocycles. The van der Waals surface area contributed by atoms with E-state index in [-0.39, 0.29) is 12.5 Å². The summed E-state index contributed by atoms with van der Waals surface area (Å²) in [5, 5.41) is 8.92. The first kappa shape index (κ1) is 12.5. The Kier molecular flexibility index (Phi) is 3.88. The van der Waals surface area contributed by atoms with E-state index in [1.807, 2.05) is 13.0 Å². The first-order chi connectivity index (χ1) is 7.55. The van der Waals surface area contributed by atoms with Crippen molar-refractivity contribution in [3.63, 3.8) is 0 Å². The first-order valence-electron chi connectivity index (χ1n) is 5.54. The summed E-state index contributed by atoms with van der Waals surface area (Å²) >= 11 is 0. The predicted molar refractivity (Wildman–Crippen MR) is 58.0 cm³/mol. The lowest BCUT2D eigenvalue weighted by Gasteiger charge is -2.23. The van der Waals surface area contributed by atoms with Crippen molar-refractivity contribution in [1.82, 2.24) is 4.90 Å². The fourth-order valence-electron chi connectivity index (χ4n) is 1.59. The molecule has 0 unspecified atom stereocenters. The third-order valence-electron chi connectivity index (χ3n) is 2.79. The van der Waals surface area contributed by atoms with Crippen LogP contribution in [-0.2, 0) is 9.59 Å². The number of unbranched alkanes of at least 4 members (excludes halogenated alkanes) is 1. The van der Waals surface area contributed by atoms with Crippen molar-refractivity contribution in [2.75, 3.05) is 13.1 Å². The minimum Gasteiger partial charge on any atom is -0.368 e. The molecule has 0 atom stereocenters. The second-order valence-corrected chi connectivity index (χ2v) is 4.24. The number of carbonyl (C=O) groups is 2. The monoisotopic (exact) mass is 223 g/mol. The molecule has 1 saturated carbocycles. The van der Waals surface area contributed by atoms with Crippen molar-refractivity contribution in [1.29, 1.82) is 5.26 Å². The molecule has 1 aliphatic rings. The topological polar surface area (TPSA) is 87.2 Å². The lowest BCUT2D eigenvalue weighted by atomic mass is 10.1. The molecule has 2 N–H and O–H groups in total. The minimum atomic E-state index is -0.858. The van der Waals surface area contributed by atoms with E-state index in [9.17, 15) is 9.59 Å². The molecule has 1 fully saturated rings. The van der Waals surface area contributed by atoms with Crippen LogP contribution in [0.5, 0.6) is 0 Å². The largest absolute Gasteiger partial charge is 0.368 e. The molecule has 0 bridgehead atoms. The molecule has 16 heavy (non-hydrogen) atoms. The fraction of sp³-hybridized carbons (Fsp3) is 0.727. The zero-order valence-corrected chi connectivity index (χ0v) is 9.53. The average molecular weight is 223 g/mol. The van der Waals surface area contributed by atoms with Crippen LogP contribution >= 0.6 is 0 Å². The van der Waals surface area contributed by atoms with Crippen LogP contribution in [0, 0.1) is 16.7 Å². The molecule has 0 spiro atoms. The molecule has 0 heterocycles. The van der Waals surface area contributed by atoms with Crippen molar-refractivity contribution >= 4 is 11.8 Å². The van der Waals surface area contributed by atoms with Crippen LogP contribution in [-0.4, -0.2) is 29.8 Å². The minimum absolute atomic E-state index is 0.0811. The second kappa shape index (κ2) is 4.97. The highest BCUT2D eigenvalue weighted by Gasteiger charge is 2.52. The molecule has 5 nitrogen and oxygen atoms in total. The van der Waals surface area contributed by atoms with Crippen molar-refractivity contribution in [3.8, 4) is 6.07 Å². The molecule has 0 aliphatic heterocycles. The summed E-state index contributed by atoms with van der Waals surface area (Å²) in [6.07, 6.45) is 2.95. The number of nitrogens with two attached hydrogens (primary N) is 1. The van der Waals surface area contributed by atoms with Crippen LogP contribution in [0.2, 0.25) is 0 Å². The smallest absolute Gasteiger partial charge is 0.243 e. The molecule has 0 aromatic heterocycles. The Labute approximate surface area is 95.2 Å². The number of rotatable bonds is 6. The van der Waals surface area contributed by atoms with Crippen LogP contribution in [0.4, 0.5) is 0 Å². The van der Waals surface area contributed by atoms with E-state index in [0.29, 0.717) is 19.4 Å². The summed E-state index contributed by atoms with van der Waals surface area (Å²) < 4.78 is 0. The Morgan fingerprint density at radius 3 is 2.50 bits per heavy atom. The van der Waals surface area contributed by atoms with Crippen LogP contribution < -0.4 is 5.73 Å². The molecule has 0 aromatic rings. The molecule has 1 aliphatic carbocycles. The van der Waals surface area contributed by atoms with E-state index >= 15 is 0 Å². The summed E-state index contributed by atoms with van der Waals surface area (Å²) in [6.45, 7) is 2.42. The van der Waals surface area contributed by atoms with Gasteiger partial charge in [0.05, 0.1) is 12.6 Å². The number of nitrogens with zero attached hydrogens (tertiary/aromatic N) is 2. The maximum atomic E-state index is 12.0. The highest BCUT2D eigenvalue weighted by atomic mass is 16.2. The molecule has 0 aromatic carbocycles. The Hall–Kier alpha value is -1.57. The van der Waals surface area contributed by atoms with Crippen LogP contribution in [0.3, 0.4) is 0 Å². The van der Waals surface area contributed by atoms with Gasteiger partial charge in [-0.2, -0.15) is 5.26 Å². The van der Waals surface area contributed by atoms with Gasteiger partial charge in [0.25, 0.3) is 0 Å². The van der Waals surface area contributed by atoms with Crippen molar-refractivity contribution in [2.45, 2.75) is 32.6 Å². The SMILES string of the molecule is CCCCN(CC(N)=O)C(=O)C1(C#N)CC1. The Morgan fingerprint density at radius 2 is 2.12 bits per heavy atom. The lowest BCUT2D eigenvalue weighted by Crippen LogP contribution is -2.42. The van der Waals surface area contributed by atoms with E-state index in [1.54, 1.807) is 0 Å². The van der Waals surface area contributed by atoms with Gasteiger partial charge in [-0.05, 0) is 19.3 Å². The van der Waals surface area contributed by atoms with E-state index in [1.165, 1.54) is 4.90 Å². The fourth-order valence-corrected chi connectivity index (χ4v) is 1.59. The summed E-state index contributed by atoms with van der Waals surface area (Å²) in [5.74, 6) is -0.763. The van der Waals surface area contributed by atoms with Crippen molar-refractivity contribution in [3.05, 3.63) is 0 Å². The van der Waals surface area contributed by atoms with Gasteiger partial charge in [-0.3, -0.25) is 9.59 Å². The van der Waals surface area contributed by atoms with E-state index in [2.05, 4.69) is 0 Å². The first-order valence-corrected chi connectivity index (χ1v) is 5.54. The number of carbonyl (C=O) groups excluding carboxylic acids is 2. The van der Waals surface area contributed by atoms with Gasteiger partial charge in [0.2, 0.25) is 11.8 Å². The maximum absolute atomic E-state index is 12.0. The van der Waals surface area contributed by atoms with Gasteiger partial charge in [-0.25, -0.2) is 0 Å². The van der Waals surface area contributed by atoms with Crippen LogP contribution in [0.1, 0.15) is 32.6 Å². The van der Waals surface area contributed by atoms with Crippen LogP contribution in [0.15, 0.2) is 0 Å². The highest BCUT2D eigenvalue weighted by molar-refractivity contribution is 5.91. The molecule has 88 valence electrons. The van der Waals surface area contributed by atoms with E-state index in [4.69, 9.17) is 11.0 Å². The lowest BCUT2D eigenvalue weighted by molar-refractivity contribution is -0.138. The van der Waals surface area contributed by atoms with Gasteiger partial charge in [-0.15, -0.1) is 0 Å². The number of hydrogen-bond acceptors (Lipinski definition) is 3. The molecule has 0 radical (unpaired) electrons. The Balaban J connectivity index is 2.65. The molecule has 5 heteroatoms. The maximum Gasteiger partial charge on any atom is 0.243 e. The summed E-state index contributed by atoms with van der Waals surface area (Å²) in [4.78, 5) is 24.3. The standard InChI is InChI=1S/C11H17N3O2/c1-2-3-6-14(7-9(13)15)10(16)11(8-12)4-5-11/h2-7H2,1H3,(H2,13,15). The third kappa shape index (κ3) is 2.72. The Morgan fingerprint density at radius 1 is 1.50 bits per heavy atom. The van der Waals surface area contributed by atoms with Gasteiger partial charge in [0.15, 0.2) is 0 Å². The van der Waals surface area contributed by atoms with Gasteiger partial charge in [0, 0.05) is 6.54 Å². The van der Waals surface area contributed by atoms with Gasteiger partial charge < -0.3 is 10.6 Å². The second-order valence-electron chi connectivity index (χ2n) is 4.24. The zero-order valence-electron chi connectivity index (χ0n) is 9.53. The van der Waals surface area contributed by atoms with Crippen molar-refractivity contribution < 1.29 is 9.59 Å². The molecule has 2 amide bonds.